The molecule has 5 nitrogen and oxygen atoms in total. The molecule has 0 bridgehead atoms. The van der Waals surface area contributed by atoms with E-state index in [4.69, 9.17) is 0 Å². The highest BCUT2D eigenvalue weighted by atomic mass is 16.3. The fraction of sp³-hybridized carbons (Fsp3) is 0.400. The number of nitrogens with one attached hydrogen (secondary N) is 1. The van der Waals surface area contributed by atoms with Gasteiger partial charge in [0.2, 0.25) is 5.91 Å². The van der Waals surface area contributed by atoms with Crippen molar-refractivity contribution in [2.75, 3.05) is 25.0 Å². The van der Waals surface area contributed by atoms with Crippen LogP contribution < -0.4 is 5.32 Å². The summed E-state index contributed by atoms with van der Waals surface area (Å²) in [6.45, 7) is 3.21. The summed E-state index contributed by atoms with van der Waals surface area (Å²) in [6, 6.07) is 11.8. The van der Waals surface area contributed by atoms with Crippen molar-refractivity contribution in [1.29, 1.82) is 0 Å². The van der Waals surface area contributed by atoms with Gasteiger partial charge < -0.3 is 10.4 Å². The summed E-state index contributed by atoms with van der Waals surface area (Å²) < 4.78 is 0. The minimum atomic E-state index is -0.0334. The summed E-state index contributed by atoms with van der Waals surface area (Å²) in [6.07, 6.45) is 5.85. The third-order valence-electron chi connectivity index (χ3n) is 4.67. The molecule has 2 heterocycles. The van der Waals surface area contributed by atoms with Gasteiger partial charge >= 0.3 is 0 Å². The third kappa shape index (κ3) is 5.37. The molecule has 0 spiro atoms. The first-order valence-corrected chi connectivity index (χ1v) is 8.84. The minimum Gasteiger partial charge on any atom is -0.396 e. The molecule has 25 heavy (non-hydrogen) atoms. The number of aromatic nitrogens is 1. The van der Waals surface area contributed by atoms with Gasteiger partial charge in [0.1, 0.15) is 0 Å². The topological polar surface area (TPSA) is 65.5 Å². The first kappa shape index (κ1) is 17.6. The van der Waals surface area contributed by atoms with Gasteiger partial charge in [0.25, 0.3) is 0 Å². The standard InChI is InChI=1S/C20H25N3O2/c24-15-16-6-9-23(10-7-16)14-18-3-1-5-19(11-18)22-20(25)12-17-4-2-8-21-13-17/h1-5,8,11,13,16,24H,6-7,9-10,12,14-15H2,(H,22,25). The van der Waals surface area contributed by atoms with Gasteiger partial charge in [0.05, 0.1) is 6.42 Å². The van der Waals surface area contributed by atoms with Crippen LogP contribution in [0.15, 0.2) is 48.8 Å². The molecule has 1 saturated heterocycles. The molecule has 1 aliphatic rings. The van der Waals surface area contributed by atoms with Crippen LogP contribution in [0.1, 0.15) is 24.0 Å². The maximum Gasteiger partial charge on any atom is 0.228 e. The number of carbonyl (C=O) groups excluding carboxylic acids is 1. The van der Waals surface area contributed by atoms with Gasteiger partial charge in [0, 0.05) is 31.2 Å². The van der Waals surface area contributed by atoms with Gasteiger partial charge in [-0.2, -0.15) is 0 Å². The normalized spacial score (nSPS) is 15.9. The predicted molar refractivity (Wildman–Crippen MR) is 98.1 cm³/mol. The first-order valence-electron chi connectivity index (χ1n) is 8.84. The van der Waals surface area contributed by atoms with E-state index in [-0.39, 0.29) is 5.91 Å². The van der Waals surface area contributed by atoms with Crippen LogP contribution >= 0.6 is 0 Å². The Kier molecular flexibility index (Phi) is 6.14. The van der Waals surface area contributed by atoms with Gasteiger partial charge in [0.15, 0.2) is 0 Å². The highest BCUT2D eigenvalue weighted by Gasteiger charge is 2.18. The van der Waals surface area contributed by atoms with Crippen LogP contribution in [-0.2, 0) is 17.8 Å². The van der Waals surface area contributed by atoms with Crippen molar-refractivity contribution in [3.63, 3.8) is 0 Å². The van der Waals surface area contributed by atoms with Crippen LogP contribution in [0.2, 0.25) is 0 Å². The van der Waals surface area contributed by atoms with E-state index in [1.807, 2.05) is 30.3 Å². The van der Waals surface area contributed by atoms with Gasteiger partial charge in [-0.05, 0) is 61.2 Å². The lowest BCUT2D eigenvalue weighted by atomic mass is 9.97. The summed E-state index contributed by atoms with van der Waals surface area (Å²) in [4.78, 5) is 18.6. The van der Waals surface area contributed by atoms with Crippen LogP contribution in [0, 0.1) is 5.92 Å². The maximum atomic E-state index is 12.2. The summed E-state index contributed by atoms with van der Waals surface area (Å²) >= 11 is 0. The van der Waals surface area contributed by atoms with Crippen LogP contribution in [0.25, 0.3) is 0 Å². The van der Waals surface area contributed by atoms with Gasteiger partial charge in [-0.25, -0.2) is 0 Å². The number of anilines is 1. The Morgan fingerprint density at radius 3 is 2.72 bits per heavy atom. The second-order valence-electron chi connectivity index (χ2n) is 6.69. The summed E-state index contributed by atoms with van der Waals surface area (Å²) in [7, 11) is 0. The predicted octanol–water partition coefficient (Wildman–Crippen LogP) is 2.47. The van der Waals surface area contributed by atoms with Crippen LogP contribution in [0.4, 0.5) is 5.69 Å². The maximum absolute atomic E-state index is 12.2. The number of aliphatic hydroxyl groups is 1. The average Bonchev–Trinajstić information content (AvgIpc) is 2.63. The van der Waals surface area contributed by atoms with E-state index in [2.05, 4.69) is 21.3 Å². The highest BCUT2D eigenvalue weighted by Crippen LogP contribution is 2.19. The number of likely N-dealkylation sites (tertiary alicyclic amines) is 1. The molecular weight excluding hydrogens is 314 g/mol. The number of carbonyl (C=O) groups is 1. The number of pyridine rings is 1. The van der Waals surface area contributed by atoms with Crippen molar-refractivity contribution >= 4 is 11.6 Å². The molecule has 2 N–H and O–H groups in total. The molecule has 1 aromatic carbocycles. The number of aliphatic hydroxyl groups excluding tert-OH is 1. The van der Waals surface area contributed by atoms with Crippen LogP contribution in [0.5, 0.6) is 0 Å². The molecule has 3 rings (SSSR count). The monoisotopic (exact) mass is 339 g/mol. The number of nitrogens with zero attached hydrogens (tertiary/aromatic N) is 2. The van der Waals surface area contributed by atoms with Crippen molar-refractivity contribution < 1.29 is 9.90 Å². The Morgan fingerprint density at radius 1 is 1.20 bits per heavy atom. The molecule has 1 aromatic heterocycles. The molecule has 1 fully saturated rings. The molecule has 1 aliphatic heterocycles. The lowest BCUT2D eigenvalue weighted by Gasteiger charge is -2.31. The van der Waals surface area contributed by atoms with E-state index in [9.17, 15) is 9.90 Å². The minimum absolute atomic E-state index is 0.0334. The van der Waals surface area contributed by atoms with Crippen molar-refractivity contribution in [1.82, 2.24) is 9.88 Å². The Bertz CT molecular complexity index is 682. The van der Waals surface area contributed by atoms with Crippen molar-refractivity contribution in [3.05, 3.63) is 59.9 Å². The fourth-order valence-corrected chi connectivity index (χ4v) is 3.23. The second kappa shape index (κ2) is 8.74. The van der Waals surface area contributed by atoms with Crippen LogP contribution in [-0.4, -0.2) is 40.6 Å². The molecule has 1 amide bonds. The number of amides is 1. The molecule has 132 valence electrons. The highest BCUT2D eigenvalue weighted by molar-refractivity contribution is 5.92. The van der Waals surface area contributed by atoms with Crippen LogP contribution in [0.3, 0.4) is 0 Å². The Hall–Kier alpha value is -2.24. The number of hydrogen-bond donors (Lipinski definition) is 2. The number of hydrogen-bond acceptors (Lipinski definition) is 4. The first-order chi connectivity index (χ1) is 12.2. The molecule has 0 saturated carbocycles. The lowest BCUT2D eigenvalue weighted by Crippen LogP contribution is -2.34. The smallest absolute Gasteiger partial charge is 0.228 e. The van der Waals surface area contributed by atoms with E-state index in [1.54, 1.807) is 12.4 Å². The zero-order chi connectivity index (χ0) is 17.5. The third-order valence-corrected chi connectivity index (χ3v) is 4.67. The largest absolute Gasteiger partial charge is 0.396 e. The lowest BCUT2D eigenvalue weighted by molar-refractivity contribution is -0.115. The molecule has 0 unspecified atom stereocenters. The number of rotatable bonds is 6. The summed E-state index contributed by atoms with van der Waals surface area (Å²) in [5, 5.41) is 12.2. The van der Waals surface area contributed by atoms with E-state index < -0.39 is 0 Å². The molecule has 0 radical (unpaired) electrons. The number of benzene rings is 1. The zero-order valence-electron chi connectivity index (χ0n) is 14.4. The Morgan fingerprint density at radius 2 is 2.00 bits per heavy atom. The Balaban J connectivity index is 1.53. The molecular formula is C20H25N3O2. The van der Waals surface area contributed by atoms with E-state index in [0.29, 0.717) is 18.9 Å². The molecule has 0 aliphatic carbocycles. The SMILES string of the molecule is O=C(Cc1cccnc1)Nc1cccc(CN2CCC(CO)CC2)c1. The van der Waals surface area contributed by atoms with Crippen molar-refractivity contribution in [2.45, 2.75) is 25.8 Å². The number of piperidine rings is 1. The summed E-state index contributed by atoms with van der Waals surface area (Å²) in [5.74, 6) is 0.420. The van der Waals surface area contributed by atoms with E-state index in [1.165, 1.54) is 5.56 Å². The van der Waals surface area contributed by atoms with E-state index in [0.717, 1.165) is 43.7 Å². The average molecular weight is 339 g/mol. The summed E-state index contributed by atoms with van der Waals surface area (Å²) in [5.41, 5.74) is 2.93. The second-order valence-corrected chi connectivity index (χ2v) is 6.69. The van der Waals surface area contributed by atoms with Gasteiger partial charge in [-0.15, -0.1) is 0 Å². The molecule has 2 aromatic rings. The van der Waals surface area contributed by atoms with E-state index >= 15 is 0 Å². The van der Waals surface area contributed by atoms with Gasteiger partial charge in [-0.3, -0.25) is 14.7 Å². The molecule has 0 atom stereocenters. The fourth-order valence-electron chi connectivity index (χ4n) is 3.23. The Labute approximate surface area is 148 Å². The van der Waals surface area contributed by atoms with Crippen molar-refractivity contribution in [3.8, 4) is 0 Å². The van der Waals surface area contributed by atoms with Crippen molar-refractivity contribution in [2.24, 2.45) is 5.92 Å². The zero-order valence-corrected chi connectivity index (χ0v) is 14.4. The molecule has 5 heteroatoms. The quantitative estimate of drug-likeness (QED) is 0.848. The van der Waals surface area contributed by atoms with Gasteiger partial charge in [-0.1, -0.05) is 18.2 Å².